The van der Waals surface area contributed by atoms with Gasteiger partial charge in [0.05, 0.1) is 6.10 Å². The van der Waals surface area contributed by atoms with E-state index in [1.54, 1.807) is 0 Å². The summed E-state index contributed by atoms with van der Waals surface area (Å²) in [5.74, 6) is 1.77. The fraction of sp³-hybridized carbons (Fsp3) is 0.955. The van der Waals surface area contributed by atoms with Crippen molar-refractivity contribution in [3.63, 3.8) is 0 Å². The summed E-state index contributed by atoms with van der Waals surface area (Å²) in [6, 6.07) is 0. The molecule has 0 aromatic heterocycles. The normalized spacial score (nSPS) is 54.7. The van der Waals surface area contributed by atoms with Gasteiger partial charge in [0.15, 0.2) is 0 Å². The zero-order chi connectivity index (χ0) is 18.3. The first-order valence-electron chi connectivity index (χ1n) is 10.4. The summed E-state index contributed by atoms with van der Waals surface area (Å²) >= 11 is 0. The molecule has 3 nitrogen and oxygen atoms in total. The molecule has 4 aliphatic rings. The molecule has 1 N–H and O–H groups in total. The minimum atomic E-state index is -0.256. The van der Waals surface area contributed by atoms with Crippen LogP contribution in [-0.4, -0.2) is 22.8 Å². The van der Waals surface area contributed by atoms with Gasteiger partial charge >= 0.3 is 5.97 Å². The van der Waals surface area contributed by atoms with Gasteiger partial charge in [-0.3, -0.25) is 4.79 Å². The van der Waals surface area contributed by atoms with E-state index in [9.17, 15) is 9.90 Å². The fourth-order valence-electron chi connectivity index (χ4n) is 8.28. The minimum Gasteiger partial charge on any atom is -0.459 e. The molecule has 3 saturated carbocycles. The van der Waals surface area contributed by atoms with Crippen LogP contribution in [0.15, 0.2) is 0 Å². The first-order chi connectivity index (χ1) is 11.5. The van der Waals surface area contributed by atoms with Crippen molar-refractivity contribution in [2.45, 2.75) is 97.7 Å². The van der Waals surface area contributed by atoms with Crippen LogP contribution in [0.1, 0.15) is 86.0 Å². The van der Waals surface area contributed by atoms with Crippen LogP contribution in [0.2, 0.25) is 0 Å². The van der Waals surface area contributed by atoms with Gasteiger partial charge in [-0.05, 0) is 80.0 Å². The average molecular weight is 349 g/mol. The number of hydrogen-bond acceptors (Lipinski definition) is 3. The van der Waals surface area contributed by atoms with Crippen molar-refractivity contribution in [3.05, 3.63) is 0 Å². The number of cyclic esters (lactones) is 1. The van der Waals surface area contributed by atoms with Crippen LogP contribution in [0.4, 0.5) is 0 Å². The number of carbonyl (C=O) groups excluding carboxylic acids is 1. The molecule has 1 aliphatic heterocycles. The third-order valence-electron chi connectivity index (χ3n) is 9.52. The Morgan fingerprint density at radius 2 is 1.44 bits per heavy atom. The molecule has 0 amide bonds. The third kappa shape index (κ3) is 2.23. The lowest BCUT2D eigenvalue weighted by molar-refractivity contribution is -0.184. The van der Waals surface area contributed by atoms with Crippen LogP contribution < -0.4 is 0 Å². The van der Waals surface area contributed by atoms with E-state index in [-0.39, 0.29) is 28.5 Å². The van der Waals surface area contributed by atoms with E-state index in [2.05, 4.69) is 34.6 Å². The van der Waals surface area contributed by atoms with Crippen LogP contribution in [0.25, 0.3) is 0 Å². The van der Waals surface area contributed by atoms with Crippen molar-refractivity contribution in [1.29, 1.82) is 0 Å². The van der Waals surface area contributed by atoms with Crippen LogP contribution in [0.3, 0.4) is 0 Å². The first-order valence-corrected chi connectivity index (χ1v) is 10.4. The van der Waals surface area contributed by atoms with E-state index in [0.29, 0.717) is 29.6 Å². The highest BCUT2D eigenvalue weighted by atomic mass is 16.6. The zero-order valence-electron chi connectivity index (χ0n) is 16.7. The summed E-state index contributed by atoms with van der Waals surface area (Å²) in [5, 5.41) is 10.6. The summed E-state index contributed by atoms with van der Waals surface area (Å²) in [4.78, 5) is 11.8. The predicted molar refractivity (Wildman–Crippen MR) is 97.9 cm³/mol. The molecule has 0 spiro atoms. The molecule has 142 valence electrons. The highest BCUT2D eigenvalue weighted by molar-refractivity contribution is 5.72. The molecule has 0 radical (unpaired) electrons. The quantitative estimate of drug-likeness (QED) is 0.698. The molecule has 0 bridgehead atoms. The number of hydrogen-bond donors (Lipinski definition) is 1. The second-order valence-corrected chi connectivity index (χ2v) is 10.9. The van der Waals surface area contributed by atoms with Gasteiger partial charge in [0.25, 0.3) is 0 Å². The van der Waals surface area contributed by atoms with Gasteiger partial charge < -0.3 is 9.84 Å². The molecular weight excluding hydrogens is 312 g/mol. The summed E-state index contributed by atoms with van der Waals surface area (Å²) in [5.41, 5.74) is 0.329. The predicted octanol–water partition coefficient (Wildman–Crippen LogP) is 4.71. The summed E-state index contributed by atoms with van der Waals surface area (Å²) in [7, 11) is 0. The van der Waals surface area contributed by atoms with E-state index in [0.717, 1.165) is 19.3 Å². The topological polar surface area (TPSA) is 46.5 Å². The van der Waals surface area contributed by atoms with Gasteiger partial charge in [-0.2, -0.15) is 0 Å². The molecule has 3 aliphatic carbocycles. The molecule has 25 heavy (non-hydrogen) atoms. The standard InChI is InChI=1S/C22H36O3/c1-19(2)14-8-11-21(4)15(20(14,3)12-9-17(19)23)6-7-16(21)22(5)13-10-18(24)25-22/h14-17,23H,6-13H2,1-5H3/t14-,15?,16-,17-,20-,21+,22-/m0/s1. The number of carbonyl (C=O) groups is 1. The number of fused-ring (bicyclic) bond motifs is 3. The molecule has 4 rings (SSSR count). The van der Waals surface area contributed by atoms with Gasteiger partial charge in [0.2, 0.25) is 0 Å². The molecule has 4 fully saturated rings. The van der Waals surface area contributed by atoms with Crippen molar-refractivity contribution in [2.24, 2.45) is 34.0 Å². The third-order valence-corrected chi connectivity index (χ3v) is 9.52. The van der Waals surface area contributed by atoms with Crippen molar-refractivity contribution in [1.82, 2.24) is 0 Å². The Morgan fingerprint density at radius 3 is 2.08 bits per heavy atom. The van der Waals surface area contributed by atoms with Crippen LogP contribution in [0.5, 0.6) is 0 Å². The SMILES string of the molecule is CC1(C)[C@@H](O)CC[C@]2(C)C3CC[C@H]([C@]4(C)CCC(=O)O4)[C@]3(C)CC[C@@H]12. The minimum absolute atomic E-state index is 0.00336. The highest BCUT2D eigenvalue weighted by Gasteiger charge is 2.66. The van der Waals surface area contributed by atoms with E-state index in [4.69, 9.17) is 4.74 Å². The Kier molecular flexibility index (Phi) is 3.74. The maximum absolute atomic E-state index is 11.8. The molecule has 3 heteroatoms. The Bertz CT molecular complexity index is 584. The monoisotopic (exact) mass is 348 g/mol. The second kappa shape index (κ2) is 5.24. The van der Waals surface area contributed by atoms with Crippen molar-refractivity contribution >= 4 is 5.97 Å². The van der Waals surface area contributed by atoms with E-state index >= 15 is 0 Å². The molecule has 0 aromatic rings. The largest absolute Gasteiger partial charge is 0.459 e. The average Bonchev–Trinajstić information content (AvgIpc) is 3.05. The van der Waals surface area contributed by atoms with Crippen LogP contribution >= 0.6 is 0 Å². The van der Waals surface area contributed by atoms with Gasteiger partial charge in [0, 0.05) is 12.3 Å². The van der Waals surface area contributed by atoms with Crippen molar-refractivity contribution in [2.75, 3.05) is 0 Å². The van der Waals surface area contributed by atoms with E-state index < -0.39 is 0 Å². The summed E-state index contributed by atoms with van der Waals surface area (Å²) in [6.45, 7) is 11.8. The second-order valence-electron chi connectivity index (χ2n) is 10.9. The number of aliphatic hydroxyl groups excluding tert-OH is 1. The number of rotatable bonds is 1. The highest BCUT2D eigenvalue weighted by Crippen LogP contribution is 2.71. The van der Waals surface area contributed by atoms with Crippen LogP contribution in [-0.2, 0) is 9.53 Å². The molecule has 7 atom stereocenters. The number of aliphatic hydroxyl groups is 1. The van der Waals surface area contributed by atoms with Crippen LogP contribution in [0, 0.1) is 34.0 Å². The lowest BCUT2D eigenvalue weighted by Gasteiger charge is -2.63. The van der Waals surface area contributed by atoms with Gasteiger partial charge in [-0.25, -0.2) is 0 Å². The summed E-state index contributed by atoms with van der Waals surface area (Å²) in [6.07, 6.45) is 8.26. The zero-order valence-corrected chi connectivity index (χ0v) is 16.7. The number of ether oxygens (including phenoxy) is 1. The maximum atomic E-state index is 11.8. The lowest BCUT2D eigenvalue weighted by Crippen LogP contribution is -2.59. The summed E-state index contributed by atoms with van der Waals surface area (Å²) < 4.78 is 5.89. The van der Waals surface area contributed by atoms with Crippen molar-refractivity contribution in [3.8, 4) is 0 Å². The van der Waals surface area contributed by atoms with Gasteiger partial charge in [-0.1, -0.05) is 27.7 Å². The molecule has 1 saturated heterocycles. The fourth-order valence-corrected chi connectivity index (χ4v) is 8.28. The first kappa shape index (κ1) is 17.8. The molecule has 1 heterocycles. The Morgan fingerprint density at radius 1 is 0.840 bits per heavy atom. The molecule has 1 unspecified atom stereocenters. The molecule has 0 aromatic carbocycles. The maximum Gasteiger partial charge on any atom is 0.306 e. The van der Waals surface area contributed by atoms with Crippen molar-refractivity contribution < 1.29 is 14.6 Å². The van der Waals surface area contributed by atoms with Gasteiger partial charge in [-0.15, -0.1) is 0 Å². The van der Waals surface area contributed by atoms with Gasteiger partial charge in [0.1, 0.15) is 5.60 Å². The Hall–Kier alpha value is -0.570. The lowest BCUT2D eigenvalue weighted by atomic mass is 9.42. The van der Waals surface area contributed by atoms with E-state index in [1.165, 1.54) is 25.7 Å². The number of esters is 1. The molecular formula is C22H36O3. The van der Waals surface area contributed by atoms with E-state index in [1.807, 2.05) is 0 Å². The Labute approximate surface area is 152 Å². The smallest absolute Gasteiger partial charge is 0.306 e. The Balaban J connectivity index is 1.68.